The third-order valence-corrected chi connectivity index (χ3v) is 13.7. The van der Waals surface area contributed by atoms with Crippen molar-refractivity contribution in [1.82, 2.24) is 0 Å². The molecule has 3 aliphatic rings. The number of hydrogen-bond acceptors (Lipinski definition) is 3. The van der Waals surface area contributed by atoms with E-state index >= 15 is 0 Å². The Morgan fingerprint density at radius 1 is 0.525 bits per heavy atom. The van der Waals surface area contributed by atoms with Crippen LogP contribution >= 0.6 is 0 Å². The highest BCUT2D eigenvalue weighted by Gasteiger charge is 2.48. The Morgan fingerprint density at radius 3 is 1.84 bits per heavy atom. The monoisotopic (exact) mass is 792 g/mol. The van der Waals surface area contributed by atoms with Gasteiger partial charge in [-0.05, 0) is 133 Å². The minimum Gasteiger partial charge on any atom is -0.445 e. The van der Waals surface area contributed by atoms with Crippen LogP contribution in [0.5, 0.6) is 0 Å². The molecule has 1 atom stereocenters. The lowest BCUT2D eigenvalue weighted by atomic mass is 9.33. The van der Waals surface area contributed by atoms with Crippen molar-refractivity contribution in [3.8, 4) is 0 Å². The molecule has 1 aromatic heterocycles. The van der Waals surface area contributed by atoms with E-state index in [4.69, 9.17) is 4.42 Å². The predicted molar refractivity (Wildman–Crippen MR) is 258 cm³/mol. The molecule has 0 radical (unpaired) electrons. The standard InChI is InChI=1S/C57H53BN2O/c1-56(2,3)40-31-28-38(29-32-40)52(45-26-17-19-37-18-13-14-24-44(37)45)39-30-33-47-48(34-39)59(42-20-9-7-10-21-42)49-35-41(57(4,5)6)36-50-54(49)58(47)53-46-25-15-16-27-51(46)61-55(53)60(50)43-22-11-8-12-23-43/h7-14,17-24,26,28-36,52H,15-16,25,27H2,1-6H3. The minimum atomic E-state index is -0.102. The van der Waals surface area contributed by atoms with Crippen molar-refractivity contribution in [2.45, 2.75) is 84.0 Å². The van der Waals surface area contributed by atoms with Crippen LogP contribution in [0.15, 0.2) is 162 Å². The molecule has 0 saturated carbocycles. The Hall–Kier alpha value is -6.26. The molecule has 2 aliphatic heterocycles. The lowest BCUT2D eigenvalue weighted by Crippen LogP contribution is -2.62. The van der Waals surface area contributed by atoms with Crippen molar-refractivity contribution in [3.63, 3.8) is 0 Å². The smallest absolute Gasteiger partial charge is 0.256 e. The first kappa shape index (κ1) is 37.7. The second-order valence-corrected chi connectivity index (χ2v) is 19.6. The maximum Gasteiger partial charge on any atom is 0.256 e. The molecule has 0 spiro atoms. The zero-order valence-corrected chi connectivity index (χ0v) is 36.3. The zero-order chi connectivity index (χ0) is 41.6. The summed E-state index contributed by atoms with van der Waals surface area (Å²) >= 11 is 0. The Labute approximate surface area is 361 Å². The largest absolute Gasteiger partial charge is 0.445 e. The third-order valence-electron chi connectivity index (χ3n) is 13.7. The van der Waals surface area contributed by atoms with E-state index in [1.54, 1.807) is 0 Å². The molecule has 0 bridgehead atoms. The lowest BCUT2D eigenvalue weighted by molar-refractivity contribution is 0.484. The van der Waals surface area contributed by atoms with Crippen LogP contribution in [0.4, 0.5) is 34.3 Å². The molecule has 11 rings (SSSR count). The quantitative estimate of drug-likeness (QED) is 0.128. The van der Waals surface area contributed by atoms with Crippen molar-refractivity contribution >= 4 is 68.2 Å². The van der Waals surface area contributed by atoms with E-state index in [0.717, 1.165) is 36.5 Å². The summed E-state index contributed by atoms with van der Waals surface area (Å²) in [5.41, 5.74) is 17.9. The topological polar surface area (TPSA) is 19.6 Å². The molecule has 61 heavy (non-hydrogen) atoms. The van der Waals surface area contributed by atoms with Crippen molar-refractivity contribution in [2.75, 3.05) is 9.80 Å². The van der Waals surface area contributed by atoms with Gasteiger partial charge in [-0.25, -0.2) is 0 Å². The normalized spacial score (nSPS) is 15.0. The number of anilines is 6. The van der Waals surface area contributed by atoms with Gasteiger partial charge < -0.3 is 9.32 Å². The minimum absolute atomic E-state index is 0.0121. The first-order valence-corrected chi connectivity index (χ1v) is 22.3. The molecule has 1 aliphatic carbocycles. The van der Waals surface area contributed by atoms with Crippen LogP contribution in [0, 0.1) is 0 Å². The number of hydrogen-bond donors (Lipinski definition) is 0. The summed E-state index contributed by atoms with van der Waals surface area (Å²) in [7, 11) is 0. The molecule has 1 unspecified atom stereocenters. The first-order chi connectivity index (χ1) is 29.5. The fourth-order valence-corrected chi connectivity index (χ4v) is 10.6. The predicted octanol–water partition coefficient (Wildman–Crippen LogP) is 13.2. The van der Waals surface area contributed by atoms with Gasteiger partial charge in [0.2, 0.25) is 0 Å². The highest BCUT2D eigenvalue weighted by atomic mass is 16.4. The van der Waals surface area contributed by atoms with E-state index in [-0.39, 0.29) is 23.5 Å². The second-order valence-electron chi connectivity index (χ2n) is 19.6. The molecular formula is C57H53BN2O. The third kappa shape index (κ3) is 6.17. The van der Waals surface area contributed by atoms with Crippen molar-refractivity contribution < 1.29 is 4.42 Å². The van der Waals surface area contributed by atoms with Crippen LogP contribution in [-0.2, 0) is 23.7 Å². The van der Waals surface area contributed by atoms with Gasteiger partial charge in [0.25, 0.3) is 6.71 Å². The molecule has 3 heterocycles. The van der Waals surface area contributed by atoms with Gasteiger partial charge >= 0.3 is 0 Å². The molecule has 7 aromatic carbocycles. The van der Waals surface area contributed by atoms with Crippen LogP contribution in [-0.4, -0.2) is 6.71 Å². The molecule has 0 N–H and O–H groups in total. The SMILES string of the molecule is CC(C)(C)c1ccc(C(c2ccc3c(c2)N(c2ccccc2)c2cc(C(C)(C)C)cc4c2B3c2c(oc3c2CCCC3)N4c2ccccc2)c2cccc3ccccc23)cc1. The molecule has 8 aromatic rings. The lowest BCUT2D eigenvalue weighted by Gasteiger charge is -2.44. The molecule has 4 heteroatoms. The fourth-order valence-electron chi connectivity index (χ4n) is 10.6. The van der Waals surface area contributed by atoms with E-state index in [9.17, 15) is 0 Å². The summed E-state index contributed by atoms with van der Waals surface area (Å²) in [5.74, 6) is 2.17. The van der Waals surface area contributed by atoms with Crippen molar-refractivity contribution in [1.29, 1.82) is 0 Å². The van der Waals surface area contributed by atoms with E-state index in [2.05, 4.69) is 209 Å². The van der Waals surface area contributed by atoms with Gasteiger partial charge in [0.1, 0.15) is 5.76 Å². The second kappa shape index (κ2) is 14.2. The van der Waals surface area contributed by atoms with Crippen LogP contribution in [0.2, 0.25) is 0 Å². The van der Waals surface area contributed by atoms with Gasteiger partial charge in [-0.2, -0.15) is 0 Å². The van der Waals surface area contributed by atoms with E-state index in [1.165, 1.54) is 89.8 Å². The van der Waals surface area contributed by atoms with Crippen molar-refractivity contribution in [3.05, 3.63) is 197 Å². The number of rotatable bonds is 5. The average molecular weight is 793 g/mol. The zero-order valence-electron chi connectivity index (χ0n) is 36.3. The molecule has 0 amide bonds. The van der Waals surface area contributed by atoms with Gasteiger partial charge in [-0.15, -0.1) is 0 Å². The molecule has 0 saturated heterocycles. The summed E-state index contributed by atoms with van der Waals surface area (Å²) < 4.78 is 7.16. The Morgan fingerprint density at radius 2 is 1.13 bits per heavy atom. The Bertz CT molecular complexity index is 2950. The van der Waals surface area contributed by atoms with Gasteiger partial charge in [0.05, 0.1) is 0 Å². The Kier molecular flexibility index (Phi) is 8.76. The molecule has 3 nitrogen and oxygen atoms in total. The van der Waals surface area contributed by atoms with Gasteiger partial charge in [-0.1, -0.05) is 157 Å². The van der Waals surface area contributed by atoms with E-state index in [1.807, 2.05) is 0 Å². The molecular weight excluding hydrogens is 739 g/mol. The number of nitrogens with zero attached hydrogens (tertiary/aromatic N) is 2. The maximum absolute atomic E-state index is 7.16. The van der Waals surface area contributed by atoms with Crippen LogP contribution in [0.1, 0.15) is 99.4 Å². The summed E-state index contributed by atoms with van der Waals surface area (Å²) in [6.45, 7) is 13.9. The fraction of sp³-hybridized carbons (Fsp3) is 0.228. The first-order valence-electron chi connectivity index (χ1n) is 22.3. The number of para-hydroxylation sites is 2. The van der Waals surface area contributed by atoms with Gasteiger partial charge in [0.15, 0.2) is 5.88 Å². The molecule has 300 valence electrons. The average Bonchev–Trinajstić information content (AvgIpc) is 3.65. The number of benzene rings is 7. The summed E-state index contributed by atoms with van der Waals surface area (Å²) in [6.07, 6.45) is 4.37. The van der Waals surface area contributed by atoms with Crippen LogP contribution in [0.3, 0.4) is 0 Å². The maximum atomic E-state index is 7.16. The number of aryl methyl sites for hydroxylation is 1. The van der Waals surface area contributed by atoms with Crippen molar-refractivity contribution in [2.24, 2.45) is 0 Å². The van der Waals surface area contributed by atoms with Crippen LogP contribution < -0.4 is 26.2 Å². The summed E-state index contributed by atoms with van der Waals surface area (Å²) in [5, 5.41) is 2.55. The highest BCUT2D eigenvalue weighted by molar-refractivity contribution is 7.00. The highest BCUT2D eigenvalue weighted by Crippen LogP contribution is 2.49. The summed E-state index contributed by atoms with van der Waals surface area (Å²) in [6, 6.07) is 59.5. The van der Waals surface area contributed by atoms with E-state index in [0.29, 0.717) is 0 Å². The van der Waals surface area contributed by atoms with Crippen LogP contribution in [0.25, 0.3) is 10.8 Å². The number of fused-ring (bicyclic) bond motifs is 7. The van der Waals surface area contributed by atoms with Gasteiger partial charge in [-0.3, -0.25) is 4.90 Å². The van der Waals surface area contributed by atoms with E-state index < -0.39 is 0 Å². The summed E-state index contributed by atoms with van der Waals surface area (Å²) in [4.78, 5) is 5.02. The van der Waals surface area contributed by atoms with Gasteiger partial charge in [0, 0.05) is 40.8 Å². The molecule has 0 fully saturated rings. The number of furan rings is 1. The Balaban J connectivity index is 1.22.